The Kier molecular flexibility index (Phi) is 3.59. The van der Waals surface area contributed by atoms with Gasteiger partial charge < -0.3 is 0 Å². The summed E-state index contributed by atoms with van der Waals surface area (Å²) in [5.41, 5.74) is 6.58. The van der Waals surface area contributed by atoms with Gasteiger partial charge in [-0.3, -0.25) is 4.40 Å². The Morgan fingerprint density at radius 1 is 1.11 bits per heavy atom. The molecule has 0 unspecified atom stereocenters. The fourth-order valence-corrected chi connectivity index (χ4v) is 5.32. The average molecular weight is 373 g/mol. The van der Waals surface area contributed by atoms with Crippen molar-refractivity contribution < 1.29 is 4.57 Å². The third-order valence-electron chi connectivity index (χ3n) is 5.55. The Hall–Kier alpha value is -2.72. The van der Waals surface area contributed by atoms with Gasteiger partial charge in [0.25, 0.3) is 0 Å². The van der Waals surface area contributed by atoms with Crippen LogP contribution in [-0.2, 0) is 7.05 Å². The van der Waals surface area contributed by atoms with Gasteiger partial charge in [0, 0.05) is 6.07 Å². The van der Waals surface area contributed by atoms with Gasteiger partial charge in [0.15, 0.2) is 6.20 Å². The minimum atomic E-state index is 0.474. The smallest absolute Gasteiger partial charge is 0.232 e. The van der Waals surface area contributed by atoms with E-state index < -0.39 is 0 Å². The normalized spacial score (nSPS) is 12.0. The molecule has 0 radical (unpaired) electrons. The van der Waals surface area contributed by atoms with Crippen molar-refractivity contribution in [2.24, 2.45) is 7.05 Å². The molecule has 0 aliphatic heterocycles. The van der Waals surface area contributed by atoms with Crippen LogP contribution in [0.4, 0.5) is 0 Å². The molecule has 0 bridgehead atoms. The van der Waals surface area contributed by atoms with Crippen molar-refractivity contribution in [3.8, 4) is 11.3 Å². The highest BCUT2D eigenvalue weighted by Gasteiger charge is 2.23. The molecule has 4 heteroatoms. The Labute approximate surface area is 162 Å². The molecule has 0 N–H and O–H groups in total. The highest BCUT2D eigenvalue weighted by Crippen LogP contribution is 2.39. The first kappa shape index (κ1) is 16.5. The van der Waals surface area contributed by atoms with Crippen molar-refractivity contribution in [2.45, 2.75) is 26.7 Å². The molecule has 0 aliphatic rings. The molecular weight excluding hydrogens is 350 g/mol. The van der Waals surface area contributed by atoms with Gasteiger partial charge in [-0.25, -0.2) is 4.98 Å². The van der Waals surface area contributed by atoms with Gasteiger partial charge in [-0.15, -0.1) is 11.3 Å². The van der Waals surface area contributed by atoms with Crippen LogP contribution in [0.15, 0.2) is 55.1 Å². The van der Waals surface area contributed by atoms with Gasteiger partial charge >= 0.3 is 0 Å². The zero-order chi connectivity index (χ0) is 18.7. The van der Waals surface area contributed by atoms with Crippen LogP contribution in [0, 0.1) is 6.92 Å². The second kappa shape index (κ2) is 5.89. The van der Waals surface area contributed by atoms with Crippen LogP contribution < -0.4 is 4.57 Å². The number of rotatable bonds is 2. The summed E-state index contributed by atoms with van der Waals surface area (Å²) in [6.07, 6.45) is 6.01. The summed E-state index contributed by atoms with van der Waals surface area (Å²) in [4.78, 5) is 5.48. The topological polar surface area (TPSA) is 21.2 Å². The molecule has 0 saturated heterocycles. The van der Waals surface area contributed by atoms with Gasteiger partial charge in [-0.1, -0.05) is 38.1 Å². The van der Waals surface area contributed by atoms with E-state index >= 15 is 0 Å². The Morgan fingerprint density at radius 3 is 2.67 bits per heavy atom. The first-order chi connectivity index (χ1) is 13.1. The Bertz CT molecular complexity index is 1320. The lowest BCUT2D eigenvalue weighted by atomic mass is 9.89. The largest absolute Gasteiger partial charge is 0.289 e. The number of nitrogens with zero attached hydrogens (tertiary/aromatic N) is 3. The molecule has 3 heterocycles. The summed E-state index contributed by atoms with van der Waals surface area (Å²) in [6, 6.07) is 13.4. The Balaban J connectivity index is 1.94. The zero-order valence-corrected chi connectivity index (χ0v) is 16.8. The molecule has 0 aliphatic carbocycles. The predicted molar refractivity (Wildman–Crippen MR) is 114 cm³/mol. The van der Waals surface area contributed by atoms with E-state index in [1.807, 2.05) is 23.9 Å². The molecule has 0 saturated carbocycles. The molecule has 0 spiro atoms. The zero-order valence-electron chi connectivity index (χ0n) is 16.0. The van der Waals surface area contributed by atoms with Crippen molar-refractivity contribution in [3.05, 3.63) is 66.2 Å². The molecule has 3 nitrogen and oxygen atoms in total. The minimum absolute atomic E-state index is 0.474. The second-order valence-electron chi connectivity index (χ2n) is 7.53. The third kappa shape index (κ3) is 2.33. The van der Waals surface area contributed by atoms with Crippen LogP contribution in [0.3, 0.4) is 0 Å². The summed E-state index contributed by atoms with van der Waals surface area (Å²) >= 11 is 1.81. The molecule has 0 amide bonds. The number of benzene rings is 2. The molecule has 5 rings (SSSR count). The first-order valence-corrected chi connectivity index (χ1v) is 10.1. The summed E-state index contributed by atoms with van der Waals surface area (Å²) in [6.45, 7) is 6.81. The van der Waals surface area contributed by atoms with Gasteiger partial charge in [0.2, 0.25) is 5.69 Å². The van der Waals surface area contributed by atoms with Crippen molar-refractivity contribution in [1.29, 1.82) is 0 Å². The van der Waals surface area contributed by atoms with Crippen molar-refractivity contribution in [1.82, 2.24) is 9.38 Å². The lowest BCUT2D eigenvalue weighted by Gasteiger charge is -2.16. The molecule has 3 aromatic heterocycles. The van der Waals surface area contributed by atoms with Gasteiger partial charge in [0.05, 0.1) is 17.3 Å². The van der Waals surface area contributed by atoms with E-state index in [0.717, 1.165) is 0 Å². The molecule has 0 fully saturated rings. The van der Waals surface area contributed by atoms with E-state index in [0.29, 0.717) is 5.92 Å². The number of thiazole rings is 1. The van der Waals surface area contributed by atoms with Crippen LogP contribution in [0.1, 0.15) is 30.9 Å². The SMILES string of the molecule is Cc1c(-c2c3sc4cncn4c3cc[n+]2C)cc(C(C)C)c2ccccc12. The molecule has 0 atom stereocenters. The van der Waals surface area contributed by atoms with E-state index in [1.54, 1.807) is 0 Å². The summed E-state index contributed by atoms with van der Waals surface area (Å²) in [5.74, 6) is 0.474. The maximum Gasteiger partial charge on any atom is 0.232 e. The molecule has 134 valence electrons. The number of fused-ring (bicyclic) bond motifs is 4. The van der Waals surface area contributed by atoms with E-state index in [9.17, 15) is 0 Å². The number of aromatic nitrogens is 3. The Morgan fingerprint density at radius 2 is 1.89 bits per heavy atom. The number of imidazole rings is 1. The fourth-order valence-electron chi connectivity index (χ4n) is 4.13. The third-order valence-corrected chi connectivity index (χ3v) is 6.67. The van der Waals surface area contributed by atoms with Gasteiger partial charge in [-0.05, 0) is 40.8 Å². The molecule has 27 heavy (non-hydrogen) atoms. The van der Waals surface area contributed by atoms with Crippen molar-refractivity contribution >= 4 is 37.2 Å². The summed E-state index contributed by atoms with van der Waals surface area (Å²) in [5, 5.41) is 2.72. The monoisotopic (exact) mass is 372 g/mol. The molecular formula is C23H22N3S+. The number of hydrogen-bond donors (Lipinski definition) is 0. The molecule has 5 aromatic rings. The molecule has 2 aromatic carbocycles. The van der Waals surface area contributed by atoms with Crippen LogP contribution in [0.5, 0.6) is 0 Å². The van der Waals surface area contributed by atoms with Crippen LogP contribution in [0.25, 0.3) is 37.1 Å². The van der Waals surface area contributed by atoms with Crippen molar-refractivity contribution in [3.63, 3.8) is 0 Å². The van der Waals surface area contributed by atoms with Crippen LogP contribution in [-0.4, -0.2) is 9.38 Å². The highest BCUT2D eigenvalue weighted by molar-refractivity contribution is 7.24. The summed E-state index contributed by atoms with van der Waals surface area (Å²) < 4.78 is 5.75. The van der Waals surface area contributed by atoms with Crippen molar-refractivity contribution in [2.75, 3.05) is 0 Å². The predicted octanol–water partition coefficient (Wildman–Crippen LogP) is 5.63. The van der Waals surface area contributed by atoms with E-state index in [2.05, 4.69) is 84.4 Å². The standard InChI is InChI=1S/C23H22N3S/c1-14(2)18-11-19(15(3)16-7-5-6-8-17(16)18)22-23-20(9-10-25(22)4)26-13-24-12-21(26)27-23/h5-14H,1-4H3/q+1. The maximum absolute atomic E-state index is 4.30. The average Bonchev–Trinajstić information content (AvgIpc) is 3.24. The quantitative estimate of drug-likeness (QED) is 0.368. The lowest BCUT2D eigenvalue weighted by Crippen LogP contribution is -2.30. The van der Waals surface area contributed by atoms with E-state index in [4.69, 9.17) is 0 Å². The fraction of sp³-hybridized carbons (Fsp3) is 0.217. The number of hydrogen-bond acceptors (Lipinski definition) is 2. The lowest BCUT2D eigenvalue weighted by molar-refractivity contribution is -0.659. The van der Waals surface area contributed by atoms with Gasteiger partial charge in [0.1, 0.15) is 22.9 Å². The number of pyridine rings is 1. The second-order valence-corrected chi connectivity index (χ2v) is 8.56. The van der Waals surface area contributed by atoms with E-state index in [1.165, 1.54) is 48.2 Å². The van der Waals surface area contributed by atoms with Gasteiger partial charge in [-0.2, -0.15) is 4.57 Å². The van der Waals surface area contributed by atoms with E-state index in [-0.39, 0.29) is 0 Å². The number of aryl methyl sites for hydroxylation is 2. The maximum atomic E-state index is 4.30. The summed E-state index contributed by atoms with van der Waals surface area (Å²) in [7, 11) is 2.14. The van der Waals surface area contributed by atoms with Crippen LogP contribution >= 0.6 is 11.3 Å². The van der Waals surface area contributed by atoms with Crippen LogP contribution in [0.2, 0.25) is 0 Å². The highest BCUT2D eigenvalue weighted by atomic mass is 32.1. The minimum Gasteiger partial charge on any atom is -0.289 e. The first-order valence-electron chi connectivity index (χ1n) is 9.32.